The summed E-state index contributed by atoms with van der Waals surface area (Å²) < 4.78 is 10.5. The van der Waals surface area contributed by atoms with Crippen LogP contribution in [-0.4, -0.2) is 53.4 Å². The van der Waals surface area contributed by atoms with Crippen molar-refractivity contribution in [3.05, 3.63) is 22.6 Å². The number of ether oxygens (including phenoxy) is 1. The van der Waals surface area contributed by atoms with Crippen molar-refractivity contribution in [2.75, 3.05) is 19.7 Å². The van der Waals surface area contributed by atoms with Gasteiger partial charge in [-0.2, -0.15) is 0 Å². The molecule has 2 fully saturated rings. The summed E-state index contributed by atoms with van der Waals surface area (Å²) in [5, 5.41) is 0. The Hall–Kier alpha value is -1.83. The third-order valence-corrected chi connectivity index (χ3v) is 4.11. The number of nitrogens with zero attached hydrogens (tertiary/aromatic N) is 2. The predicted molar refractivity (Wildman–Crippen MR) is 73.5 cm³/mol. The number of imide groups is 1. The summed E-state index contributed by atoms with van der Waals surface area (Å²) >= 11 is 3.16. The monoisotopic (exact) mass is 356 g/mol. The summed E-state index contributed by atoms with van der Waals surface area (Å²) in [4.78, 5) is 38.1. The molecule has 0 aromatic carbocycles. The van der Waals surface area contributed by atoms with E-state index in [1.54, 1.807) is 17.0 Å². The number of cyclic esters (lactones) is 1. The second-order valence-electron chi connectivity index (χ2n) is 4.95. The number of furan rings is 1. The Bertz CT molecular complexity index is 575. The van der Waals surface area contributed by atoms with E-state index in [1.807, 2.05) is 0 Å². The molecule has 2 aliphatic heterocycles. The van der Waals surface area contributed by atoms with Crippen molar-refractivity contribution >= 4 is 33.8 Å². The number of hydrogen-bond donors (Lipinski definition) is 0. The fraction of sp³-hybridized carbons (Fsp3) is 0.462. The van der Waals surface area contributed by atoms with Crippen LogP contribution in [0.3, 0.4) is 0 Å². The quantitative estimate of drug-likeness (QED) is 0.804. The lowest BCUT2D eigenvalue weighted by Crippen LogP contribution is -2.48. The van der Waals surface area contributed by atoms with Crippen molar-refractivity contribution in [3.8, 4) is 0 Å². The maximum absolute atomic E-state index is 12.2. The lowest BCUT2D eigenvalue weighted by Gasteiger charge is -2.34. The molecule has 0 N–H and O–H groups in total. The van der Waals surface area contributed by atoms with Crippen LogP contribution in [-0.2, 0) is 9.53 Å². The molecule has 1 aromatic heterocycles. The normalized spacial score (nSPS) is 20.0. The molecule has 3 heterocycles. The fourth-order valence-corrected chi connectivity index (χ4v) is 2.94. The molecule has 112 valence electrons. The second-order valence-corrected chi connectivity index (χ2v) is 5.73. The maximum atomic E-state index is 12.2. The number of carbonyl (C=O) groups excluding carboxylic acids is 3. The largest absolute Gasteiger partial charge is 0.444 e. The average molecular weight is 357 g/mol. The fourth-order valence-electron chi connectivity index (χ4n) is 2.63. The number of carbonyl (C=O) groups is 3. The Kier molecular flexibility index (Phi) is 3.71. The van der Waals surface area contributed by atoms with Crippen LogP contribution in [0.4, 0.5) is 4.79 Å². The van der Waals surface area contributed by atoms with Crippen LogP contribution in [0, 0.1) is 0 Å². The molecule has 8 heteroatoms. The van der Waals surface area contributed by atoms with Gasteiger partial charge < -0.3 is 14.1 Å². The van der Waals surface area contributed by atoms with Gasteiger partial charge in [-0.3, -0.25) is 9.59 Å². The van der Waals surface area contributed by atoms with Crippen molar-refractivity contribution in [1.82, 2.24) is 9.80 Å². The minimum absolute atomic E-state index is 0.182. The van der Waals surface area contributed by atoms with Gasteiger partial charge in [-0.25, -0.2) is 9.69 Å². The van der Waals surface area contributed by atoms with Gasteiger partial charge in [0.25, 0.3) is 11.8 Å². The van der Waals surface area contributed by atoms with Crippen LogP contribution in [0.2, 0.25) is 0 Å². The smallest absolute Gasteiger partial charge is 0.417 e. The Morgan fingerprint density at radius 2 is 1.95 bits per heavy atom. The number of likely N-dealkylation sites (tertiary alicyclic amines) is 1. The molecular formula is C13H13BrN2O5. The topological polar surface area (TPSA) is 80.1 Å². The highest BCUT2D eigenvalue weighted by molar-refractivity contribution is 9.10. The van der Waals surface area contributed by atoms with E-state index >= 15 is 0 Å². The first-order valence-corrected chi connectivity index (χ1v) is 7.39. The Morgan fingerprint density at radius 1 is 1.24 bits per heavy atom. The molecule has 1 aromatic rings. The molecular weight excluding hydrogens is 344 g/mol. The van der Waals surface area contributed by atoms with Gasteiger partial charge in [-0.15, -0.1) is 0 Å². The SMILES string of the molecule is O=C(c1ccc(Br)o1)N1CCC(N2C(=O)COC2=O)CC1. The van der Waals surface area contributed by atoms with Crippen molar-refractivity contribution < 1.29 is 23.5 Å². The van der Waals surface area contributed by atoms with E-state index in [4.69, 9.17) is 9.15 Å². The van der Waals surface area contributed by atoms with Crippen LogP contribution in [0.5, 0.6) is 0 Å². The van der Waals surface area contributed by atoms with E-state index in [2.05, 4.69) is 15.9 Å². The van der Waals surface area contributed by atoms with E-state index in [0.717, 1.165) is 0 Å². The van der Waals surface area contributed by atoms with E-state index in [-0.39, 0.29) is 30.2 Å². The van der Waals surface area contributed by atoms with Crippen LogP contribution in [0.25, 0.3) is 0 Å². The first-order valence-electron chi connectivity index (χ1n) is 6.59. The van der Waals surface area contributed by atoms with E-state index < -0.39 is 6.09 Å². The molecule has 0 radical (unpaired) electrons. The third-order valence-electron chi connectivity index (χ3n) is 3.69. The van der Waals surface area contributed by atoms with Gasteiger partial charge in [0.05, 0.1) is 0 Å². The first-order chi connectivity index (χ1) is 10.1. The molecule has 2 aliphatic rings. The molecule has 2 saturated heterocycles. The highest BCUT2D eigenvalue weighted by atomic mass is 79.9. The summed E-state index contributed by atoms with van der Waals surface area (Å²) in [6, 6.07) is 3.08. The van der Waals surface area contributed by atoms with Gasteiger partial charge in [-0.1, -0.05) is 0 Å². The summed E-state index contributed by atoms with van der Waals surface area (Å²) in [6.07, 6.45) is 0.517. The molecule has 3 amide bonds. The summed E-state index contributed by atoms with van der Waals surface area (Å²) in [7, 11) is 0. The van der Waals surface area contributed by atoms with Crippen LogP contribution >= 0.6 is 15.9 Å². The highest BCUT2D eigenvalue weighted by Crippen LogP contribution is 2.23. The zero-order valence-electron chi connectivity index (χ0n) is 11.1. The minimum atomic E-state index is -0.584. The lowest BCUT2D eigenvalue weighted by atomic mass is 10.0. The summed E-state index contributed by atoms with van der Waals surface area (Å²) in [6.45, 7) is 0.760. The van der Waals surface area contributed by atoms with Crippen molar-refractivity contribution in [2.45, 2.75) is 18.9 Å². The van der Waals surface area contributed by atoms with Crippen LogP contribution in [0.15, 0.2) is 21.2 Å². The molecule has 0 saturated carbocycles. The van der Waals surface area contributed by atoms with Gasteiger partial charge in [0.2, 0.25) is 0 Å². The Balaban J connectivity index is 1.61. The highest BCUT2D eigenvalue weighted by Gasteiger charge is 2.39. The number of amides is 3. The van der Waals surface area contributed by atoms with Crippen molar-refractivity contribution in [3.63, 3.8) is 0 Å². The van der Waals surface area contributed by atoms with Crippen LogP contribution < -0.4 is 0 Å². The molecule has 0 bridgehead atoms. The molecule has 0 aliphatic carbocycles. The molecule has 7 nitrogen and oxygen atoms in total. The zero-order chi connectivity index (χ0) is 15.0. The van der Waals surface area contributed by atoms with E-state index in [0.29, 0.717) is 30.6 Å². The molecule has 0 unspecified atom stereocenters. The standard InChI is InChI=1S/C13H13BrN2O5/c14-10-2-1-9(21-10)12(18)15-5-3-8(4-6-15)16-11(17)7-20-13(16)19/h1-2,8H,3-7H2. The lowest BCUT2D eigenvalue weighted by molar-refractivity contribution is -0.127. The maximum Gasteiger partial charge on any atom is 0.417 e. The number of piperidine rings is 1. The van der Waals surface area contributed by atoms with Crippen molar-refractivity contribution in [1.29, 1.82) is 0 Å². The Labute approximate surface area is 128 Å². The van der Waals surface area contributed by atoms with Crippen molar-refractivity contribution in [2.24, 2.45) is 0 Å². The number of halogens is 1. The van der Waals surface area contributed by atoms with Crippen LogP contribution in [0.1, 0.15) is 23.4 Å². The van der Waals surface area contributed by atoms with E-state index in [1.165, 1.54) is 4.90 Å². The summed E-state index contributed by atoms with van der Waals surface area (Å²) in [5.74, 6) is -0.216. The van der Waals surface area contributed by atoms with Gasteiger partial charge in [-0.05, 0) is 40.9 Å². The minimum Gasteiger partial charge on any atom is -0.444 e. The molecule has 21 heavy (non-hydrogen) atoms. The number of rotatable bonds is 2. The summed E-state index contributed by atoms with van der Waals surface area (Å²) in [5.41, 5.74) is 0. The molecule has 0 atom stereocenters. The molecule has 0 spiro atoms. The van der Waals surface area contributed by atoms with Gasteiger partial charge in [0.15, 0.2) is 17.0 Å². The Morgan fingerprint density at radius 3 is 2.48 bits per heavy atom. The third kappa shape index (κ3) is 2.67. The first kappa shape index (κ1) is 14.1. The molecule has 3 rings (SSSR count). The van der Waals surface area contributed by atoms with Gasteiger partial charge >= 0.3 is 6.09 Å². The van der Waals surface area contributed by atoms with E-state index in [9.17, 15) is 14.4 Å². The average Bonchev–Trinajstić information content (AvgIpc) is 3.05. The number of hydrogen-bond acceptors (Lipinski definition) is 5. The zero-order valence-corrected chi connectivity index (χ0v) is 12.7. The van der Waals surface area contributed by atoms with Gasteiger partial charge in [0, 0.05) is 19.1 Å². The second kappa shape index (κ2) is 5.51. The van der Waals surface area contributed by atoms with Gasteiger partial charge in [0.1, 0.15) is 0 Å². The predicted octanol–water partition coefficient (Wildman–Crippen LogP) is 1.63.